The second kappa shape index (κ2) is 11.0. The van der Waals surface area contributed by atoms with Crippen molar-refractivity contribution in [3.05, 3.63) is 75.8 Å². The summed E-state index contributed by atoms with van der Waals surface area (Å²) in [6.07, 6.45) is 0.988. The average Bonchev–Trinajstić information content (AvgIpc) is 2.71. The van der Waals surface area contributed by atoms with E-state index in [-0.39, 0.29) is 5.69 Å². The summed E-state index contributed by atoms with van der Waals surface area (Å²) >= 11 is 0. The van der Waals surface area contributed by atoms with E-state index >= 15 is 0 Å². The summed E-state index contributed by atoms with van der Waals surface area (Å²) in [7, 11) is 3.87. The van der Waals surface area contributed by atoms with E-state index in [0.29, 0.717) is 12.6 Å². The van der Waals surface area contributed by atoms with E-state index in [2.05, 4.69) is 58.8 Å². The van der Waals surface area contributed by atoms with Gasteiger partial charge >= 0.3 is 0 Å². The molecular weight excluding hydrogens is 354 g/mol. The maximum absolute atomic E-state index is 10.7. The number of hydrogen-bond acceptors (Lipinski definition) is 4. The van der Waals surface area contributed by atoms with Crippen LogP contribution in [-0.4, -0.2) is 42.5 Å². The van der Waals surface area contributed by atoms with Gasteiger partial charge in [-0.15, -0.1) is 0 Å². The molecule has 1 unspecified atom stereocenters. The fraction of sp³-hybridized carbons (Fsp3) is 0.381. The average molecular weight is 383 g/mol. The second-order valence-electron chi connectivity index (χ2n) is 6.81. The lowest BCUT2D eigenvalue weighted by molar-refractivity contribution is -0.384. The van der Waals surface area contributed by atoms with E-state index in [1.807, 2.05) is 6.07 Å². The molecule has 0 spiro atoms. The van der Waals surface area contributed by atoms with Crippen LogP contribution in [0, 0.1) is 10.1 Å². The molecule has 0 saturated heterocycles. The minimum absolute atomic E-state index is 0.0971. The first kappa shape index (κ1) is 21.4. The smallest absolute Gasteiger partial charge is 0.269 e. The number of nitro benzene ring substituents is 1. The maximum atomic E-state index is 10.7. The van der Waals surface area contributed by atoms with Gasteiger partial charge in [0.05, 0.1) is 4.92 Å². The van der Waals surface area contributed by atoms with Gasteiger partial charge in [0.1, 0.15) is 0 Å². The van der Waals surface area contributed by atoms with E-state index in [4.69, 9.17) is 0 Å². The van der Waals surface area contributed by atoms with Crippen molar-refractivity contribution >= 4 is 11.6 Å². The summed E-state index contributed by atoms with van der Waals surface area (Å²) in [5.41, 5.74) is 2.37. The molecule has 0 saturated carbocycles. The molecular formula is C21H29N5O2. The summed E-state index contributed by atoms with van der Waals surface area (Å²) in [5, 5.41) is 17.3. The SMILES string of the molecule is CN=C(NCCC(C)N(C)Cc1ccccc1)NCc1ccc([N+](=O)[O-])cc1. The lowest BCUT2D eigenvalue weighted by Gasteiger charge is -2.25. The van der Waals surface area contributed by atoms with Gasteiger partial charge in [-0.05, 0) is 31.5 Å². The number of nitrogens with zero attached hydrogens (tertiary/aromatic N) is 3. The van der Waals surface area contributed by atoms with Gasteiger partial charge in [0.15, 0.2) is 5.96 Å². The molecule has 7 nitrogen and oxygen atoms in total. The lowest BCUT2D eigenvalue weighted by Crippen LogP contribution is -2.39. The van der Waals surface area contributed by atoms with Crippen LogP contribution in [0.4, 0.5) is 5.69 Å². The van der Waals surface area contributed by atoms with Gasteiger partial charge in [-0.25, -0.2) is 0 Å². The van der Waals surface area contributed by atoms with Crippen LogP contribution in [0.1, 0.15) is 24.5 Å². The second-order valence-corrected chi connectivity index (χ2v) is 6.81. The van der Waals surface area contributed by atoms with Crippen LogP contribution in [0.15, 0.2) is 59.6 Å². The molecule has 0 bridgehead atoms. The molecule has 0 fully saturated rings. The largest absolute Gasteiger partial charge is 0.356 e. The van der Waals surface area contributed by atoms with Crippen LogP contribution >= 0.6 is 0 Å². The lowest BCUT2D eigenvalue weighted by atomic mass is 10.1. The summed E-state index contributed by atoms with van der Waals surface area (Å²) in [6.45, 7) is 4.51. The Hall–Kier alpha value is -2.93. The van der Waals surface area contributed by atoms with E-state index in [9.17, 15) is 10.1 Å². The fourth-order valence-corrected chi connectivity index (χ4v) is 2.79. The van der Waals surface area contributed by atoms with Gasteiger partial charge in [0.25, 0.3) is 5.69 Å². The minimum Gasteiger partial charge on any atom is -0.356 e. The van der Waals surface area contributed by atoms with E-state index in [1.165, 1.54) is 17.7 Å². The van der Waals surface area contributed by atoms with Crippen molar-refractivity contribution in [1.82, 2.24) is 15.5 Å². The molecule has 0 amide bonds. The number of rotatable bonds is 9. The summed E-state index contributed by atoms with van der Waals surface area (Å²) in [6, 6.07) is 17.4. The van der Waals surface area contributed by atoms with Crippen molar-refractivity contribution in [3.8, 4) is 0 Å². The Kier molecular flexibility index (Phi) is 8.42. The van der Waals surface area contributed by atoms with Crippen LogP contribution in [0.25, 0.3) is 0 Å². The molecule has 2 rings (SSSR count). The predicted octanol–water partition coefficient (Wildman–Crippen LogP) is 3.17. The van der Waals surface area contributed by atoms with Crippen LogP contribution < -0.4 is 10.6 Å². The first-order valence-electron chi connectivity index (χ1n) is 9.41. The molecule has 28 heavy (non-hydrogen) atoms. The summed E-state index contributed by atoms with van der Waals surface area (Å²) in [4.78, 5) is 16.9. The van der Waals surface area contributed by atoms with Crippen molar-refractivity contribution in [2.75, 3.05) is 20.6 Å². The number of guanidine groups is 1. The number of hydrogen-bond donors (Lipinski definition) is 2. The van der Waals surface area contributed by atoms with Crippen LogP contribution in [0.3, 0.4) is 0 Å². The topological polar surface area (TPSA) is 82.8 Å². The fourth-order valence-electron chi connectivity index (χ4n) is 2.79. The van der Waals surface area contributed by atoms with Crippen molar-refractivity contribution in [1.29, 1.82) is 0 Å². The zero-order valence-electron chi connectivity index (χ0n) is 16.8. The Bertz CT molecular complexity index is 762. The molecule has 0 aliphatic heterocycles. The molecule has 1 atom stereocenters. The highest BCUT2D eigenvalue weighted by molar-refractivity contribution is 5.79. The predicted molar refractivity (Wildman–Crippen MR) is 113 cm³/mol. The van der Waals surface area contributed by atoms with Gasteiger partial charge in [-0.3, -0.25) is 20.0 Å². The van der Waals surface area contributed by atoms with E-state index in [0.717, 1.165) is 31.0 Å². The molecule has 2 aromatic rings. The van der Waals surface area contributed by atoms with E-state index in [1.54, 1.807) is 19.2 Å². The zero-order chi connectivity index (χ0) is 20.4. The molecule has 150 valence electrons. The molecule has 0 heterocycles. The number of benzene rings is 2. The van der Waals surface area contributed by atoms with Gasteiger partial charge in [0.2, 0.25) is 0 Å². The molecule has 2 N–H and O–H groups in total. The first-order chi connectivity index (χ1) is 13.5. The molecule has 7 heteroatoms. The Balaban J connectivity index is 1.72. The van der Waals surface area contributed by atoms with Crippen molar-refractivity contribution in [2.45, 2.75) is 32.5 Å². The number of non-ortho nitro benzene ring substituents is 1. The number of nitro groups is 1. The third kappa shape index (κ3) is 7.00. The van der Waals surface area contributed by atoms with Crippen LogP contribution in [0.5, 0.6) is 0 Å². The first-order valence-corrected chi connectivity index (χ1v) is 9.41. The van der Waals surface area contributed by atoms with Gasteiger partial charge in [-0.2, -0.15) is 0 Å². The van der Waals surface area contributed by atoms with Gasteiger partial charge < -0.3 is 10.6 Å². The Morgan fingerprint density at radius 1 is 1.11 bits per heavy atom. The molecule has 0 radical (unpaired) electrons. The minimum atomic E-state index is -0.395. The highest BCUT2D eigenvalue weighted by atomic mass is 16.6. The molecule has 0 aliphatic rings. The third-order valence-electron chi connectivity index (χ3n) is 4.71. The maximum Gasteiger partial charge on any atom is 0.269 e. The third-order valence-corrected chi connectivity index (χ3v) is 4.71. The Morgan fingerprint density at radius 2 is 1.79 bits per heavy atom. The monoisotopic (exact) mass is 383 g/mol. The van der Waals surface area contributed by atoms with Gasteiger partial charge in [-0.1, -0.05) is 42.5 Å². The summed E-state index contributed by atoms with van der Waals surface area (Å²) in [5.74, 6) is 0.719. The molecule has 0 aromatic heterocycles. The van der Waals surface area contributed by atoms with Gasteiger partial charge in [0, 0.05) is 44.9 Å². The van der Waals surface area contributed by atoms with E-state index < -0.39 is 4.92 Å². The molecule has 2 aromatic carbocycles. The van der Waals surface area contributed by atoms with Crippen molar-refractivity contribution in [3.63, 3.8) is 0 Å². The number of aliphatic imine (C=N–C) groups is 1. The van der Waals surface area contributed by atoms with Crippen molar-refractivity contribution in [2.24, 2.45) is 4.99 Å². The number of nitrogens with one attached hydrogen (secondary N) is 2. The molecule has 0 aliphatic carbocycles. The summed E-state index contributed by atoms with van der Waals surface area (Å²) < 4.78 is 0. The quantitative estimate of drug-likeness (QED) is 0.301. The normalized spacial score (nSPS) is 12.6. The van der Waals surface area contributed by atoms with Crippen molar-refractivity contribution < 1.29 is 4.92 Å². The Labute approximate surface area is 166 Å². The standard InChI is InChI=1S/C21H29N5O2/c1-17(25(3)16-19-7-5-4-6-8-19)13-14-23-21(22-2)24-15-18-9-11-20(12-10-18)26(27)28/h4-12,17H,13-16H2,1-3H3,(H2,22,23,24). The highest BCUT2D eigenvalue weighted by Gasteiger charge is 2.10. The zero-order valence-corrected chi connectivity index (χ0v) is 16.8. The van der Waals surface area contributed by atoms with Crippen LogP contribution in [0.2, 0.25) is 0 Å². The highest BCUT2D eigenvalue weighted by Crippen LogP contribution is 2.11. The van der Waals surface area contributed by atoms with Crippen LogP contribution in [-0.2, 0) is 13.1 Å². The Morgan fingerprint density at radius 3 is 2.39 bits per heavy atom.